The summed E-state index contributed by atoms with van der Waals surface area (Å²) in [5.74, 6) is 0.800. The molecule has 0 amide bonds. The van der Waals surface area contributed by atoms with Gasteiger partial charge in [-0.2, -0.15) is 0 Å². The Balaban J connectivity index is 1.95. The van der Waals surface area contributed by atoms with E-state index in [-0.39, 0.29) is 0 Å². The van der Waals surface area contributed by atoms with Gasteiger partial charge >= 0.3 is 0 Å². The summed E-state index contributed by atoms with van der Waals surface area (Å²) in [6, 6.07) is 7.94. The van der Waals surface area contributed by atoms with Crippen LogP contribution in [-0.2, 0) is 10.0 Å². The van der Waals surface area contributed by atoms with E-state index in [4.69, 9.17) is 0 Å². The van der Waals surface area contributed by atoms with E-state index in [0.29, 0.717) is 11.7 Å². The van der Waals surface area contributed by atoms with Gasteiger partial charge < -0.3 is 5.32 Å². The summed E-state index contributed by atoms with van der Waals surface area (Å²) in [6.45, 7) is 2.28. The summed E-state index contributed by atoms with van der Waals surface area (Å²) in [5, 5.41) is 3.48. The van der Waals surface area contributed by atoms with E-state index in [1.165, 1.54) is 19.3 Å². The normalized spacial score (nSPS) is 23.9. The van der Waals surface area contributed by atoms with E-state index in [1.807, 2.05) is 12.1 Å². The van der Waals surface area contributed by atoms with Crippen LogP contribution in [0, 0.1) is 5.92 Å². The molecule has 0 spiro atoms. The molecular formula is C13H20N2O2S. The Hall–Kier alpha value is -1.23. The zero-order valence-corrected chi connectivity index (χ0v) is 11.6. The highest BCUT2D eigenvalue weighted by atomic mass is 32.2. The highest BCUT2D eigenvalue weighted by molar-refractivity contribution is 7.92. The van der Waals surface area contributed by atoms with Gasteiger partial charge in [0.05, 0.1) is 6.26 Å². The Morgan fingerprint density at radius 2 is 1.72 bits per heavy atom. The molecular weight excluding hydrogens is 248 g/mol. The fourth-order valence-corrected chi connectivity index (χ4v) is 2.99. The van der Waals surface area contributed by atoms with Crippen LogP contribution in [0.25, 0.3) is 0 Å². The molecule has 0 heterocycles. The molecule has 100 valence electrons. The molecule has 1 aliphatic rings. The van der Waals surface area contributed by atoms with Gasteiger partial charge in [-0.15, -0.1) is 0 Å². The summed E-state index contributed by atoms with van der Waals surface area (Å²) in [6.07, 6.45) is 4.86. The van der Waals surface area contributed by atoms with Gasteiger partial charge in [0.15, 0.2) is 0 Å². The molecule has 0 bridgehead atoms. The smallest absolute Gasteiger partial charge is 0.229 e. The van der Waals surface area contributed by atoms with Gasteiger partial charge in [0, 0.05) is 17.4 Å². The fraction of sp³-hybridized carbons (Fsp3) is 0.538. The van der Waals surface area contributed by atoms with E-state index < -0.39 is 10.0 Å². The van der Waals surface area contributed by atoms with E-state index >= 15 is 0 Å². The van der Waals surface area contributed by atoms with E-state index in [2.05, 4.69) is 17.0 Å². The second kappa shape index (κ2) is 5.18. The molecule has 18 heavy (non-hydrogen) atoms. The summed E-state index contributed by atoms with van der Waals surface area (Å²) in [5.41, 5.74) is 1.65. The first-order valence-electron chi connectivity index (χ1n) is 6.27. The SMILES string of the molecule is CC1CCC(Nc2ccc(NS(C)(=O)=O)cc2)C1. The van der Waals surface area contributed by atoms with Crippen molar-refractivity contribution in [2.75, 3.05) is 16.3 Å². The third-order valence-corrected chi connectivity index (χ3v) is 3.86. The average Bonchev–Trinajstić information content (AvgIpc) is 2.65. The molecule has 1 saturated carbocycles. The van der Waals surface area contributed by atoms with Gasteiger partial charge in [-0.3, -0.25) is 4.72 Å². The van der Waals surface area contributed by atoms with Crippen LogP contribution in [0.2, 0.25) is 0 Å². The zero-order chi connectivity index (χ0) is 13.2. The Kier molecular flexibility index (Phi) is 3.80. The van der Waals surface area contributed by atoms with Gasteiger partial charge in [-0.25, -0.2) is 8.42 Å². The second-order valence-corrected chi connectivity index (χ2v) is 6.96. The molecule has 1 fully saturated rings. The number of anilines is 2. The average molecular weight is 268 g/mol. The van der Waals surface area contributed by atoms with Crippen molar-refractivity contribution in [3.8, 4) is 0 Å². The second-order valence-electron chi connectivity index (χ2n) is 5.21. The number of rotatable bonds is 4. The highest BCUT2D eigenvalue weighted by Gasteiger charge is 2.20. The molecule has 4 nitrogen and oxygen atoms in total. The summed E-state index contributed by atoms with van der Waals surface area (Å²) >= 11 is 0. The molecule has 2 unspecified atom stereocenters. The minimum Gasteiger partial charge on any atom is -0.382 e. The predicted octanol–water partition coefficient (Wildman–Crippen LogP) is 2.66. The Bertz CT molecular complexity index is 496. The first-order chi connectivity index (χ1) is 8.42. The fourth-order valence-electron chi connectivity index (χ4n) is 2.42. The lowest BCUT2D eigenvalue weighted by atomic mass is 10.1. The van der Waals surface area contributed by atoms with Crippen LogP contribution in [0.3, 0.4) is 0 Å². The topological polar surface area (TPSA) is 58.2 Å². The zero-order valence-electron chi connectivity index (χ0n) is 10.8. The lowest BCUT2D eigenvalue weighted by Gasteiger charge is -2.14. The molecule has 5 heteroatoms. The third kappa shape index (κ3) is 3.91. The molecule has 0 saturated heterocycles. The Labute approximate surface area is 109 Å². The number of hydrogen-bond acceptors (Lipinski definition) is 3. The van der Waals surface area contributed by atoms with Gasteiger partial charge in [0.2, 0.25) is 10.0 Å². The highest BCUT2D eigenvalue weighted by Crippen LogP contribution is 2.27. The van der Waals surface area contributed by atoms with Crippen LogP contribution < -0.4 is 10.0 Å². The van der Waals surface area contributed by atoms with E-state index in [9.17, 15) is 8.42 Å². The maximum Gasteiger partial charge on any atom is 0.229 e. The first-order valence-corrected chi connectivity index (χ1v) is 8.16. The molecule has 2 rings (SSSR count). The number of hydrogen-bond donors (Lipinski definition) is 2. The largest absolute Gasteiger partial charge is 0.382 e. The van der Waals surface area contributed by atoms with Crippen molar-refractivity contribution in [1.82, 2.24) is 0 Å². The van der Waals surface area contributed by atoms with Gasteiger partial charge in [-0.05, 0) is 49.4 Å². The minimum absolute atomic E-state index is 0.550. The van der Waals surface area contributed by atoms with Crippen LogP contribution in [0.4, 0.5) is 11.4 Å². The van der Waals surface area contributed by atoms with Crippen LogP contribution in [0.15, 0.2) is 24.3 Å². The maximum atomic E-state index is 11.1. The van der Waals surface area contributed by atoms with Gasteiger partial charge in [0.25, 0.3) is 0 Å². The molecule has 1 aromatic rings. The van der Waals surface area contributed by atoms with E-state index in [0.717, 1.165) is 17.9 Å². The Morgan fingerprint density at radius 3 is 2.22 bits per heavy atom. The summed E-state index contributed by atoms with van der Waals surface area (Å²) in [7, 11) is -3.19. The molecule has 0 aliphatic heterocycles. The molecule has 2 atom stereocenters. The number of sulfonamides is 1. The summed E-state index contributed by atoms with van der Waals surface area (Å²) in [4.78, 5) is 0. The molecule has 1 aliphatic carbocycles. The van der Waals surface area contributed by atoms with Crippen LogP contribution in [0.5, 0.6) is 0 Å². The number of nitrogens with one attached hydrogen (secondary N) is 2. The van der Waals surface area contributed by atoms with Crippen molar-refractivity contribution in [3.63, 3.8) is 0 Å². The molecule has 0 aromatic heterocycles. The number of benzene rings is 1. The van der Waals surface area contributed by atoms with Crippen LogP contribution in [0.1, 0.15) is 26.2 Å². The lowest BCUT2D eigenvalue weighted by molar-refractivity contribution is 0.602. The molecule has 0 radical (unpaired) electrons. The maximum absolute atomic E-state index is 11.1. The van der Waals surface area contributed by atoms with Crippen molar-refractivity contribution in [3.05, 3.63) is 24.3 Å². The van der Waals surface area contributed by atoms with Crippen molar-refractivity contribution in [2.24, 2.45) is 5.92 Å². The molecule has 1 aromatic carbocycles. The predicted molar refractivity (Wildman–Crippen MR) is 75.3 cm³/mol. The van der Waals surface area contributed by atoms with Gasteiger partial charge in [0.1, 0.15) is 0 Å². The van der Waals surface area contributed by atoms with Crippen molar-refractivity contribution in [1.29, 1.82) is 0 Å². The van der Waals surface area contributed by atoms with Crippen molar-refractivity contribution < 1.29 is 8.42 Å². The quantitative estimate of drug-likeness (QED) is 0.882. The standard InChI is InChI=1S/C13H20N2O2S/c1-10-3-4-13(9-10)14-11-5-7-12(8-6-11)15-18(2,16)17/h5-8,10,13-15H,3-4,9H2,1-2H3. The third-order valence-electron chi connectivity index (χ3n) is 3.25. The first kappa shape index (κ1) is 13.2. The minimum atomic E-state index is -3.19. The van der Waals surface area contributed by atoms with Crippen molar-refractivity contribution >= 4 is 21.4 Å². The van der Waals surface area contributed by atoms with E-state index in [1.54, 1.807) is 12.1 Å². The van der Waals surface area contributed by atoms with Gasteiger partial charge in [-0.1, -0.05) is 6.92 Å². The van der Waals surface area contributed by atoms with Crippen molar-refractivity contribution in [2.45, 2.75) is 32.2 Å². The lowest BCUT2D eigenvalue weighted by Crippen LogP contribution is -2.15. The van der Waals surface area contributed by atoms with Crippen LogP contribution in [-0.4, -0.2) is 20.7 Å². The Morgan fingerprint density at radius 1 is 1.11 bits per heavy atom. The monoisotopic (exact) mass is 268 g/mol. The van der Waals surface area contributed by atoms with Crippen LogP contribution >= 0.6 is 0 Å². The molecule has 2 N–H and O–H groups in total. The summed E-state index contributed by atoms with van der Waals surface area (Å²) < 4.78 is 24.6.